The van der Waals surface area contributed by atoms with Crippen LogP contribution in [0.3, 0.4) is 0 Å². The zero-order valence-corrected chi connectivity index (χ0v) is 11.2. The summed E-state index contributed by atoms with van der Waals surface area (Å²) >= 11 is 0. The Morgan fingerprint density at radius 3 is 2.85 bits per heavy atom. The molecule has 0 bridgehead atoms. The Hall–Kier alpha value is -2.47. The molecule has 1 amide bonds. The van der Waals surface area contributed by atoms with E-state index in [1.807, 2.05) is 6.07 Å². The quantitative estimate of drug-likeness (QED) is 0.843. The molecule has 0 fully saturated rings. The Labute approximate surface area is 117 Å². The maximum Gasteiger partial charge on any atom is 0.251 e. The minimum absolute atomic E-state index is 0.169. The molecule has 0 atom stereocenters. The number of carbonyl (C=O) groups is 1. The average molecular weight is 272 g/mol. The maximum atomic E-state index is 12.0. The van der Waals surface area contributed by atoms with Gasteiger partial charge in [0.05, 0.1) is 12.8 Å². The maximum absolute atomic E-state index is 12.0. The first-order chi connectivity index (χ1) is 9.72. The van der Waals surface area contributed by atoms with Crippen LogP contribution in [0.15, 0.2) is 36.7 Å². The third-order valence-corrected chi connectivity index (χ3v) is 2.75. The van der Waals surface area contributed by atoms with Crippen LogP contribution >= 0.6 is 0 Å². The van der Waals surface area contributed by atoms with Gasteiger partial charge in [-0.15, -0.1) is 0 Å². The predicted octanol–water partition coefficient (Wildman–Crippen LogP) is 0.874. The van der Waals surface area contributed by atoms with E-state index in [9.17, 15) is 4.79 Å². The number of pyridine rings is 2. The number of rotatable bonds is 5. The van der Waals surface area contributed by atoms with E-state index in [4.69, 9.17) is 10.5 Å². The largest absolute Gasteiger partial charge is 0.481 e. The summed E-state index contributed by atoms with van der Waals surface area (Å²) in [5.74, 6) is 0.375. The summed E-state index contributed by atoms with van der Waals surface area (Å²) in [6.45, 7) is 0.708. The number of carbonyl (C=O) groups excluding carboxylic acids is 1. The van der Waals surface area contributed by atoms with Gasteiger partial charge >= 0.3 is 0 Å². The zero-order valence-electron chi connectivity index (χ0n) is 11.2. The minimum Gasteiger partial charge on any atom is -0.481 e. The Bertz CT molecular complexity index is 584. The van der Waals surface area contributed by atoms with E-state index >= 15 is 0 Å². The third-order valence-electron chi connectivity index (χ3n) is 2.75. The van der Waals surface area contributed by atoms with Crippen LogP contribution in [0.4, 0.5) is 0 Å². The lowest BCUT2D eigenvalue weighted by molar-refractivity contribution is 0.0950. The Morgan fingerprint density at radius 2 is 2.20 bits per heavy atom. The second-order valence-corrected chi connectivity index (χ2v) is 4.13. The molecule has 104 valence electrons. The minimum atomic E-state index is -0.169. The number of aromatic nitrogens is 2. The number of hydrogen-bond acceptors (Lipinski definition) is 5. The Morgan fingerprint density at radius 1 is 1.35 bits per heavy atom. The van der Waals surface area contributed by atoms with Gasteiger partial charge in [-0.2, -0.15) is 0 Å². The number of ether oxygens (including phenoxy) is 1. The summed E-state index contributed by atoms with van der Waals surface area (Å²) in [5, 5.41) is 2.82. The lowest BCUT2D eigenvalue weighted by Gasteiger charge is -2.06. The summed E-state index contributed by atoms with van der Waals surface area (Å²) in [6, 6.07) is 6.94. The molecule has 0 aliphatic carbocycles. The van der Waals surface area contributed by atoms with Gasteiger partial charge in [0.15, 0.2) is 0 Å². The van der Waals surface area contributed by atoms with E-state index < -0.39 is 0 Å². The van der Waals surface area contributed by atoms with Crippen LogP contribution in [-0.2, 0) is 13.1 Å². The lowest BCUT2D eigenvalue weighted by atomic mass is 10.2. The van der Waals surface area contributed by atoms with E-state index in [-0.39, 0.29) is 5.91 Å². The molecular formula is C14H16N4O2. The fourth-order valence-corrected chi connectivity index (χ4v) is 1.65. The number of hydrogen-bond donors (Lipinski definition) is 2. The molecule has 2 aromatic heterocycles. The van der Waals surface area contributed by atoms with Crippen LogP contribution in [0.5, 0.6) is 5.88 Å². The van der Waals surface area contributed by atoms with E-state index in [0.29, 0.717) is 30.2 Å². The molecule has 0 aromatic carbocycles. The predicted molar refractivity (Wildman–Crippen MR) is 74.1 cm³/mol. The average Bonchev–Trinajstić information content (AvgIpc) is 2.53. The standard InChI is InChI=1S/C14H16N4O2/c1-20-13-3-2-10(8-17-13)9-18-14(19)11-4-5-16-12(6-11)7-15/h2-6,8H,7,9,15H2,1H3,(H,18,19). The van der Waals surface area contributed by atoms with Crippen molar-refractivity contribution in [2.24, 2.45) is 5.73 Å². The van der Waals surface area contributed by atoms with Crippen molar-refractivity contribution in [3.8, 4) is 5.88 Å². The molecule has 0 spiro atoms. The molecule has 2 rings (SSSR count). The first-order valence-corrected chi connectivity index (χ1v) is 6.15. The highest BCUT2D eigenvalue weighted by Gasteiger charge is 2.06. The Kier molecular flexibility index (Phi) is 4.62. The van der Waals surface area contributed by atoms with E-state index in [0.717, 1.165) is 5.56 Å². The number of amides is 1. The molecule has 20 heavy (non-hydrogen) atoms. The monoisotopic (exact) mass is 272 g/mol. The molecule has 6 nitrogen and oxygen atoms in total. The van der Waals surface area contributed by atoms with Gasteiger partial charge in [-0.3, -0.25) is 9.78 Å². The second-order valence-electron chi connectivity index (χ2n) is 4.13. The molecule has 2 aromatic rings. The molecule has 3 N–H and O–H groups in total. The highest BCUT2D eigenvalue weighted by molar-refractivity contribution is 5.94. The van der Waals surface area contributed by atoms with Crippen molar-refractivity contribution in [1.29, 1.82) is 0 Å². The molecule has 0 radical (unpaired) electrons. The van der Waals surface area contributed by atoms with Crippen LogP contribution in [0.1, 0.15) is 21.6 Å². The first kappa shape index (κ1) is 14.0. The molecule has 0 saturated heterocycles. The van der Waals surface area contributed by atoms with E-state index in [1.165, 1.54) is 0 Å². The van der Waals surface area contributed by atoms with Gasteiger partial charge in [-0.25, -0.2) is 4.98 Å². The third kappa shape index (κ3) is 3.52. The fourth-order valence-electron chi connectivity index (χ4n) is 1.65. The topological polar surface area (TPSA) is 90.1 Å². The number of methoxy groups -OCH3 is 1. The summed E-state index contributed by atoms with van der Waals surface area (Å²) < 4.78 is 4.97. The van der Waals surface area contributed by atoms with Crippen molar-refractivity contribution >= 4 is 5.91 Å². The van der Waals surface area contributed by atoms with E-state index in [1.54, 1.807) is 37.7 Å². The van der Waals surface area contributed by atoms with Gasteiger partial charge in [0.25, 0.3) is 5.91 Å². The first-order valence-electron chi connectivity index (χ1n) is 6.15. The van der Waals surface area contributed by atoms with Gasteiger partial charge < -0.3 is 15.8 Å². The van der Waals surface area contributed by atoms with Crippen molar-refractivity contribution in [3.05, 3.63) is 53.5 Å². The second kappa shape index (κ2) is 6.63. The normalized spacial score (nSPS) is 10.1. The smallest absolute Gasteiger partial charge is 0.251 e. The number of nitrogens with one attached hydrogen (secondary N) is 1. The van der Waals surface area contributed by atoms with Crippen molar-refractivity contribution in [1.82, 2.24) is 15.3 Å². The highest BCUT2D eigenvalue weighted by Crippen LogP contribution is 2.07. The van der Waals surface area contributed by atoms with Crippen molar-refractivity contribution in [3.63, 3.8) is 0 Å². The van der Waals surface area contributed by atoms with Gasteiger partial charge in [-0.1, -0.05) is 6.07 Å². The van der Waals surface area contributed by atoms with Crippen molar-refractivity contribution in [2.75, 3.05) is 7.11 Å². The molecule has 0 unspecified atom stereocenters. The number of nitrogens with two attached hydrogens (primary N) is 1. The van der Waals surface area contributed by atoms with Crippen LogP contribution < -0.4 is 15.8 Å². The summed E-state index contributed by atoms with van der Waals surface area (Å²) in [7, 11) is 1.56. The van der Waals surface area contributed by atoms with Crippen LogP contribution in [-0.4, -0.2) is 23.0 Å². The van der Waals surface area contributed by atoms with Gasteiger partial charge in [0, 0.05) is 37.1 Å². The summed E-state index contributed by atoms with van der Waals surface area (Å²) in [5.41, 5.74) is 7.62. The zero-order chi connectivity index (χ0) is 14.4. The van der Waals surface area contributed by atoms with Gasteiger partial charge in [0.1, 0.15) is 0 Å². The van der Waals surface area contributed by atoms with E-state index in [2.05, 4.69) is 15.3 Å². The SMILES string of the molecule is COc1ccc(CNC(=O)c2ccnc(CN)c2)cn1. The molecule has 0 aliphatic rings. The molecule has 0 saturated carbocycles. The summed E-state index contributed by atoms with van der Waals surface area (Å²) in [6.07, 6.45) is 3.24. The lowest BCUT2D eigenvalue weighted by Crippen LogP contribution is -2.23. The van der Waals surface area contributed by atoms with Gasteiger partial charge in [0.2, 0.25) is 5.88 Å². The molecule has 0 aliphatic heterocycles. The Balaban J connectivity index is 1.97. The van der Waals surface area contributed by atoms with Crippen molar-refractivity contribution < 1.29 is 9.53 Å². The molecular weight excluding hydrogens is 256 g/mol. The fraction of sp³-hybridized carbons (Fsp3) is 0.214. The van der Waals surface area contributed by atoms with Crippen molar-refractivity contribution in [2.45, 2.75) is 13.1 Å². The molecule has 2 heterocycles. The van der Waals surface area contributed by atoms with Crippen LogP contribution in [0, 0.1) is 0 Å². The highest BCUT2D eigenvalue weighted by atomic mass is 16.5. The van der Waals surface area contributed by atoms with Crippen LogP contribution in [0.2, 0.25) is 0 Å². The van der Waals surface area contributed by atoms with Crippen LogP contribution in [0.25, 0.3) is 0 Å². The number of nitrogens with zero attached hydrogens (tertiary/aromatic N) is 2. The molecule has 6 heteroatoms. The van der Waals surface area contributed by atoms with Gasteiger partial charge in [-0.05, 0) is 17.7 Å². The summed E-state index contributed by atoms with van der Waals surface area (Å²) in [4.78, 5) is 20.1.